The molecule has 1 fully saturated rings. The van der Waals surface area contributed by atoms with Crippen molar-refractivity contribution < 1.29 is 8.42 Å². The van der Waals surface area contributed by atoms with Crippen LogP contribution in [-0.4, -0.2) is 40.6 Å². The van der Waals surface area contributed by atoms with E-state index in [0.29, 0.717) is 29.6 Å². The van der Waals surface area contributed by atoms with Crippen molar-refractivity contribution in [2.75, 3.05) is 13.1 Å². The fourth-order valence-corrected chi connectivity index (χ4v) is 4.95. The molecular formula is C16H22N4O2S. The topological polar surface area (TPSA) is 68.1 Å². The Morgan fingerprint density at radius 3 is 2.83 bits per heavy atom. The Labute approximate surface area is 137 Å². The summed E-state index contributed by atoms with van der Waals surface area (Å²) in [5.41, 5.74) is 1.58. The van der Waals surface area contributed by atoms with Gasteiger partial charge in [-0.1, -0.05) is 6.07 Å². The first-order chi connectivity index (χ1) is 11.0. The van der Waals surface area contributed by atoms with Crippen LogP contribution in [0.4, 0.5) is 0 Å². The van der Waals surface area contributed by atoms with Crippen LogP contribution in [0.1, 0.15) is 24.2 Å². The molecule has 2 aromatic rings. The van der Waals surface area contributed by atoms with E-state index in [0.717, 1.165) is 25.0 Å². The van der Waals surface area contributed by atoms with Crippen LogP contribution in [0, 0.1) is 12.8 Å². The highest BCUT2D eigenvalue weighted by Crippen LogP contribution is 2.26. The van der Waals surface area contributed by atoms with Gasteiger partial charge in [0.15, 0.2) is 0 Å². The second-order valence-corrected chi connectivity index (χ2v) is 8.06. The van der Waals surface area contributed by atoms with Crippen molar-refractivity contribution in [3.05, 3.63) is 42.0 Å². The zero-order valence-corrected chi connectivity index (χ0v) is 14.3. The van der Waals surface area contributed by atoms with Crippen molar-refractivity contribution >= 4 is 10.0 Å². The van der Waals surface area contributed by atoms with Gasteiger partial charge in [0.1, 0.15) is 4.90 Å². The molecule has 0 spiro atoms. The molecule has 0 bridgehead atoms. The third kappa shape index (κ3) is 3.45. The SMILES string of the molecule is Cc1nn(C)cc1S(=O)(=O)N1CCCC(Cc2ccccn2)C1. The average molecular weight is 334 g/mol. The summed E-state index contributed by atoms with van der Waals surface area (Å²) < 4.78 is 28.9. The van der Waals surface area contributed by atoms with Gasteiger partial charge in [-0.3, -0.25) is 9.67 Å². The zero-order chi connectivity index (χ0) is 16.4. The van der Waals surface area contributed by atoms with Gasteiger partial charge >= 0.3 is 0 Å². The lowest BCUT2D eigenvalue weighted by molar-refractivity contribution is 0.264. The van der Waals surface area contributed by atoms with Crippen LogP contribution >= 0.6 is 0 Å². The molecule has 0 saturated carbocycles. The summed E-state index contributed by atoms with van der Waals surface area (Å²) >= 11 is 0. The Kier molecular flexibility index (Phi) is 4.50. The third-order valence-electron chi connectivity index (χ3n) is 4.29. The van der Waals surface area contributed by atoms with E-state index in [-0.39, 0.29) is 0 Å². The molecule has 23 heavy (non-hydrogen) atoms. The normalized spacial score (nSPS) is 19.8. The number of nitrogens with zero attached hydrogens (tertiary/aromatic N) is 4. The number of hydrogen-bond acceptors (Lipinski definition) is 4. The molecule has 0 radical (unpaired) electrons. The number of piperidine rings is 1. The zero-order valence-electron chi connectivity index (χ0n) is 13.5. The predicted molar refractivity (Wildman–Crippen MR) is 87.4 cm³/mol. The van der Waals surface area contributed by atoms with E-state index >= 15 is 0 Å². The molecule has 124 valence electrons. The fraction of sp³-hybridized carbons (Fsp3) is 0.500. The lowest BCUT2D eigenvalue weighted by atomic mass is 9.94. The Hall–Kier alpha value is -1.73. The molecule has 2 aromatic heterocycles. The van der Waals surface area contributed by atoms with Crippen molar-refractivity contribution in [2.24, 2.45) is 13.0 Å². The van der Waals surface area contributed by atoms with Crippen LogP contribution in [0.15, 0.2) is 35.5 Å². The Morgan fingerprint density at radius 1 is 1.35 bits per heavy atom. The fourth-order valence-electron chi connectivity index (χ4n) is 3.20. The Morgan fingerprint density at radius 2 is 2.17 bits per heavy atom. The molecule has 3 rings (SSSR count). The maximum atomic E-state index is 12.9. The second kappa shape index (κ2) is 6.41. The number of hydrogen-bond donors (Lipinski definition) is 0. The molecule has 1 atom stereocenters. The van der Waals surface area contributed by atoms with Crippen molar-refractivity contribution in [3.8, 4) is 0 Å². The van der Waals surface area contributed by atoms with Gasteiger partial charge in [-0.25, -0.2) is 8.42 Å². The van der Waals surface area contributed by atoms with Crippen molar-refractivity contribution in [1.29, 1.82) is 0 Å². The van der Waals surface area contributed by atoms with Crippen molar-refractivity contribution in [3.63, 3.8) is 0 Å². The van der Waals surface area contributed by atoms with E-state index in [1.54, 1.807) is 35.4 Å². The summed E-state index contributed by atoms with van der Waals surface area (Å²) in [4.78, 5) is 4.67. The summed E-state index contributed by atoms with van der Waals surface area (Å²) in [5.74, 6) is 0.311. The van der Waals surface area contributed by atoms with Crippen LogP contribution in [0.25, 0.3) is 0 Å². The maximum Gasteiger partial charge on any atom is 0.246 e. The van der Waals surface area contributed by atoms with E-state index in [1.165, 1.54) is 0 Å². The summed E-state index contributed by atoms with van der Waals surface area (Å²) in [6.45, 7) is 2.87. The monoisotopic (exact) mass is 334 g/mol. The minimum Gasteiger partial charge on any atom is -0.274 e. The Balaban J connectivity index is 1.76. The lowest BCUT2D eigenvalue weighted by Gasteiger charge is -2.31. The predicted octanol–water partition coefficient (Wildman–Crippen LogP) is 1.77. The Bertz CT molecular complexity index is 771. The molecule has 7 heteroatoms. The first-order valence-electron chi connectivity index (χ1n) is 7.87. The molecule has 0 amide bonds. The van der Waals surface area contributed by atoms with Gasteiger partial charge in [-0.2, -0.15) is 9.40 Å². The van der Waals surface area contributed by atoms with Gasteiger partial charge in [0, 0.05) is 38.2 Å². The molecule has 1 aliphatic rings. The molecule has 6 nitrogen and oxygen atoms in total. The van der Waals surface area contributed by atoms with E-state index in [9.17, 15) is 8.42 Å². The number of pyridine rings is 1. The average Bonchev–Trinajstić information content (AvgIpc) is 2.88. The van der Waals surface area contributed by atoms with Gasteiger partial charge in [-0.05, 0) is 44.2 Å². The highest BCUT2D eigenvalue weighted by atomic mass is 32.2. The molecule has 0 aliphatic carbocycles. The molecule has 0 N–H and O–H groups in total. The number of sulfonamides is 1. The summed E-state index contributed by atoms with van der Waals surface area (Å²) in [6.07, 6.45) is 6.11. The van der Waals surface area contributed by atoms with Gasteiger partial charge < -0.3 is 0 Å². The van der Waals surface area contributed by atoms with E-state index < -0.39 is 10.0 Å². The summed E-state index contributed by atoms with van der Waals surface area (Å²) in [5, 5.41) is 4.16. The second-order valence-electron chi connectivity index (χ2n) is 6.15. The standard InChI is InChI=1S/C16H22N4O2S/c1-13-16(12-19(2)18-13)23(21,22)20-9-5-6-14(11-20)10-15-7-3-4-8-17-15/h3-4,7-8,12,14H,5-6,9-11H2,1-2H3. The first-order valence-corrected chi connectivity index (χ1v) is 9.31. The van der Waals surface area contributed by atoms with Crippen LogP contribution in [-0.2, 0) is 23.5 Å². The van der Waals surface area contributed by atoms with Crippen LogP contribution in [0.3, 0.4) is 0 Å². The van der Waals surface area contributed by atoms with Crippen molar-refractivity contribution in [1.82, 2.24) is 19.1 Å². The van der Waals surface area contributed by atoms with E-state index in [2.05, 4.69) is 10.1 Å². The van der Waals surface area contributed by atoms with E-state index in [4.69, 9.17) is 0 Å². The van der Waals surface area contributed by atoms with Gasteiger partial charge in [0.2, 0.25) is 10.0 Å². The molecule has 1 unspecified atom stereocenters. The number of rotatable bonds is 4. The summed E-state index contributed by atoms with van der Waals surface area (Å²) in [6, 6.07) is 5.86. The minimum absolute atomic E-state index is 0.311. The van der Waals surface area contributed by atoms with Crippen LogP contribution in [0.2, 0.25) is 0 Å². The molecule has 1 aliphatic heterocycles. The highest BCUT2D eigenvalue weighted by Gasteiger charge is 2.32. The van der Waals surface area contributed by atoms with Crippen LogP contribution in [0.5, 0.6) is 0 Å². The van der Waals surface area contributed by atoms with Gasteiger partial charge in [0.25, 0.3) is 0 Å². The lowest BCUT2D eigenvalue weighted by Crippen LogP contribution is -2.40. The molecular weight excluding hydrogens is 312 g/mol. The maximum absolute atomic E-state index is 12.9. The van der Waals surface area contributed by atoms with E-state index in [1.807, 2.05) is 18.2 Å². The largest absolute Gasteiger partial charge is 0.274 e. The molecule has 1 saturated heterocycles. The van der Waals surface area contributed by atoms with Crippen LogP contribution < -0.4 is 0 Å². The highest BCUT2D eigenvalue weighted by molar-refractivity contribution is 7.89. The number of aryl methyl sites for hydroxylation is 2. The van der Waals surface area contributed by atoms with Gasteiger partial charge in [-0.15, -0.1) is 0 Å². The third-order valence-corrected chi connectivity index (χ3v) is 6.26. The first kappa shape index (κ1) is 16.1. The molecule has 3 heterocycles. The van der Waals surface area contributed by atoms with Crippen molar-refractivity contribution in [2.45, 2.75) is 31.1 Å². The quantitative estimate of drug-likeness (QED) is 0.854. The minimum atomic E-state index is -3.47. The number of aromatic nitrogens is 3. The smallest absolute Gasteiger partial charge is 0.246 e. The summed E-state index contributed by atoms with van der Waals surface area (Å²) in [7, 11) is -1.73. The molecule has 0 aromatic carbocycles. The van der Waals surface area contributed by atoms with Gasteiger partial charge in [0.05, 0.1) is 5.69 Å².